The number of halogens is 1. The van der Waals surface area contributed by atoms with Gasteiger partial charge in [0, 0.05) is 47.0 Å². The molecule has 4 heteroatoms. The van der Waals surface area contributed by atoms with Gasteiger partial charge in [-0.1, -0.05) is 30.7 Å². The van der Waals surface area contributed by atoms with E-state index in [0.717, 1.165) is 36.2 Å². The summed E-state index contributed by atoms with van der Waals surface area (Å²) in [6.45, 7) is 5.16. The summed E-state index contributed by atoms with van der Waals surface area (Å²) in [7, 11) is -0.587. The highest BCUT2D eigenvalue weighted by molar-refractivity contribution is 7.85. The molecule has 0 bridgehead atoms. The predicted molar refractivity (Wildman–Crippen MR) is 74.2 cm³/mol. The fourth-order valence-electron chi connectivity index (χ4n) is 2.16. The van der Waals surface area contributed by atoms with Gasteiger partial charge in [-0.2, -0.15) is 0 Å². The van der Waals surface area contributed by atoms with E-state index < -0.39 is 10.8 Å². The van der Waals surface area contributed by atoms with E-state index in [9.17, 15) is 4.21 Å². The lowest BCUT2D eigenvalue weighted by atomic mass is 10.0. The van der Waals surface area contributed by atoms with Crippen LogP contribution < -0.4 is 0 Å². The standard InChI is InChI=1S/C13H18ClNOS/c1-11(12-3-2-4-13(14)9-12)10-15-5-7-17(16)8-6-15/h2-4,9,11H,5-8,10H2,1H3. The molecule has 2 rings (SSSR count). The summed E-state index contributed by atoms with van der Waals surface area (Å²) < 4.78 is 11.3. The smallest absolute Gasteiger partial charge is 0.0408 e. The number of hydrogen-bond acceptors (Lipinski definition) is 2. The topological polar surface area (TPSA) is 20.3 Å². The normalized spacial score (nSPS) is 20.4. The molecule has 1 unspecified atom stereocenters. The molecule has 17 heavy (non-hydrogen) atoms. The van der Waals surface area contributed by atoms with Crippen molar-refractivity contribution in [1.82, 2.24) is 4.90 Å². The van der Waals surface area contributed by atoms with Crippen LogP contribution in [0.3, 0.4) is 0 Å². The molecule has 0 radical (unpaired) electrons. The third kappa shape index (κ3) is 3.80. The van der Waals surface area contributed by atoms with Gasteiger partial charge in [0.05, 0.1) is 0 Å². The van der Waals surface area contributed by atoms with Gasteiger partial charge in [-0.3, -0.25) is 4.21 Å². The van der Waals surface area contributed by atoms with Crippen LogP contribution in [0.1, 0.15) is 18.4 Å². The fourth-order valence-corrected chi connectivity index (χ4v) is 3.49. The van der Waals surface area contributed by atoms with Gasteiger partial charge in [0.25, 0.3) is 0 Å². The molecule has 0 amide bonds. The minimum absolute atomic E-state index is 0.472. The fraction of sp³-hybridized carbons (Fsp3) is 0.538. The summed E-state index contributed by atoms with van der Waals surface area (Å²) in [5.74, 6) is 2.12. The van der Waals surface area contributed by atoms with Crippen LogP contribution in [0.5, 0.6) is 0 Å². The minimum atomic E-state index is -0.587. The zero-order valence-corrected chi connectivity index (χ0v) is 11.6. The first-order chi connectivity index (χ1) is 8.15. The van der Waals surface area contributed by atoms with Crippen LogP contribution in [-0.2, 0) is 10.8 Å². The van der Waals surface area contributed by atoms with E-state index in [4.69, 9.17) is 11.6 Å². The first-order valence-corrected chi connectivity index (χ1v) is 7.84. The van der Waals surface area contributed by atoms with Gasteiger partial charge in [0.15, 0.2) is 0 Å². The van der Waals surface area contributed by atoms with Crippen LogP contribution in [0.25, 0.3) is 0 Å². The summed E-state index contributed by atoms with van der Waals surface area (Å²) >= 11 is 6.00. The van der Waals surface area contributed by atoms with Crippen LogP contribution in [-0.4, -0.2) is 40.2 Å². The number of nitrogens with zero attached hydrogens (tertiary/aromatic N) is 1. The third-order valence-corrected chi connectivity index (χ3v) is 4.73. The molecule has 1 aliphatic heterocycles. The molecule has 0 aromatic heterocycles. The second-order valence-electron chi connectivity index (χ2n) is 4.60. The Bertz CT molecular complexity index is 400. The number of rotatable bonds is 3. The highest BCUT2D eigenvalue weighted by Gasteiger charge is 2.17. The maximum atomic E-state index is 11.3. The summed E-state index contributed by atoms with van der Waals surface area (Å²) in [6.07, 6.45) is 0. The first kappa shape index (κ1) is 13.1. The molecular weight excluding hydrogens is 254 g/mol. The Morgan fingerprint density at radius 3 is 2.76 bits per heavy atom. The van der Waals surface area contributed by atoms with Gasteiger partial charge in [0.1, 0.15) is 0 Å². The van der Waals surface area contributed by atoms with Crippen molar-refractivity contribution < 1.29 is 4.21 Å². The van der Waals surface area contributed by atoms with Crippen LogP contribution in [0.4, 0.5) is 0 Å². The molecule has 2 nitrogen and oxygen atoms in total. The zero-order valence-electron chi connectivity index (χ0n) is 10.1. The maximum absolute atomic E-state index is 11.3. The number of hydrogen-bond donors (Lipinski definition) is 0. The largest absolute Gasteiger partial charge is 0.301 e. The van der Waals surface area contributed by atoms with Crippen LogP contribution >= 0.6 is 11.6 Å². The number of benzene rings is 1. The molecule has 0 aliphatic carbocycles. The van der Waals surface area contributed by atoms with Crippen molar-refractivity contribution in [3.63, 3.8) is 0 Å². The van der Waals surface area contributed by atoms with E-state index in [2.05, 4.69) is 17.9 Å². The monoisotopic (exact) mass is 271 g/mol. The summed E-state index contributed by atoms with van der Waals surface area (Å²) in [6, 6.07) is 8.06. The van der Waals surface area contributed by atoms with Crippen molar-refractivity contribution in [2.45, 2.75) is 12.8 Å². The molecule has 0 N–H and O–H groups in total. The van der Waals surface area contributed by atoms with Gasteiger partial charge in [0.2, 0.25) is 0 Å². The molecule has 0 saturated carbocycles. The van der Waals surface area contributed by atoms with E-state index in [1.165, 1.54) is 5.56 Å². The molecule has 1 saturated heterocycles. The van der Waals surface area contributed by atoms with Crippen molar-refractivity contribution in [3.8, 4) is 0 Å². The van der Waals surface area contributed by atoms with Crippen LogP contribution in [0.15, 0.2) is 24.3 Å². The third-order valence-electron chi connectivity index (χ3n) is 3.22. The second kappa shape index (κ2) is 5.98. The molecule has 1 atom stereocenters. The average Bonchev–Trinajstić information content (AvgIpc) is 2.32. The molecule has 1 heterocycles. The first-order valence-electron chi connectivity index (χ1n) is 5.98. The van der Waals surface area contributed by atoms with Crippen molar-refractivity contribution in [2.24, 2.45) is 0 Å². The van der Waals surface area contributed by atoms with Crippen LogP contribution in [0.2, 0.25) is 5.02 Å². The van der Waals surface area contributed by atoms with Crippen LogP contribution in [0, 0.1) is 0 Å². The Hall–Kier alpha value is -0.380. The minimum Gasteiger partial charge on any atom is -0.301 e. The molecule has 0 spiro atoms. The van der Waals surface area contributed by atoms with Gasteiger partial charge in [-0.15, -0.1) is 0 Å². The Morgan fingerprint density at radius 2 is 2.12 bits per heavy atom. The van der Waals surface area contributed by atoms with Gasteiger partial charge < -0.3 is 4.90 Å². The van der Waals surface area contributed by atoms with E-state index >= 15 is 0 Å². The summed E-state index contributed by atoms with van der Waals surface area (Å²) in [5.41, 5.74) is 1.28. The van der Waals surface area contributed by atoms with Crippen molar-refractivity contribution >= 4 is 22.4 Å². The SMILES string of the molecule is CC(CN1CCS(=O)CC1)c1cccc(Cl)c1. The second-order valence-corrected chi connectivity index (χ2v) is 6.74. The predicted octanol–water partition coefficient (Wildman–Crippen LogP) is 2.51. The molecule has 1 fully saturated rings. The van der Waals surface area contributed by atoms with E-state index in [-0.39, 0.29) is 0 Å². The average molecular weight is 272 g/mol. The molecule has 1 aromatic carbocycles. The Balaban J connectivity index is 1.92. The molecule has 94 valence electrons. The van der Waals surface area contributed by atoms with Crippen molar-refractivity contribution in [1.29, 1.82) is 0 Å². The molecular formula is C13H18ClNOS. The molecule has 1 aliphatic rings. The lowest BCUT2D eigenvalue weighted by Gasteiger charge is -2.28. The van der Waals surface area contributed by atoms with Gasteiger partial charge in [-0.25, -0.2) is 0 Å². The van der Waals surface area contributed by atoms with Gasteiger partial charge >= 0.3 is 0 Å². The maximum Gasteiger partial charge on any atom is 0.0408 e. The van der Waals surface area contributed by atoms with Crippen molar-refractivity contribution in [2.75, 3.05) is 31.1 Å². The Morgan fingerprint density at radius 1 is 1.41 bits per heavy atom. The van der Waals surface area contributed by atoms with E-state index in [1.807, 2.05) is 18.2 Å². The zero-order chi connectivity index (χ0) is 12.3. The van der Waals surface area contributed by atoms with Crippen molar-refractivity contribution in [3.05, 3.63) is 34.9 Å². The Kier molecular flexibility index (Phi) is 4.60. The van der Waals surface area contributed by atoms with Gasteiger partial charge in [-0.05, 0) is 23.6 Å². The molecule has 1 aromatic rings. The summed E-state index contributed by atoms with van der Waals surface area (Å²) in [4.78, 5) is 2.40. The van der Waals surface area contributed by atoms with E-state index in [0.29, 0.717) is 5.92 Å². The quantitative estimate of drug-likeness (QED) is 0.842. The summed E-state index contributed by atoms with van der Waals surface area (Å²) in [5, 5.41) is 0.800. The lowest BCUT2D eigenvalue weighted by molar-refractivity contribution is 0.284. The van der Waals surface area contributed by atoms with E-state index in [1.54, 1.807) is 0 Å². The highest BCUT2D eigenvalue weighted by Crippen LogP contribution is 2.20. The lowest BCUT2D eigenvalue weighted by Crippen LogP contribution is -2.39. The Labute approximate surface area is 110 Å². The highest BCUT2D eigenvalue weighted by atomic mass is 35.5.